The zero-order valence-electron chi connectivity index (χ0n) is 35.0. The maximum atomic E-state index is 12.7. The lowest BCUT2D eigenvalue weighted by Gasteiger charge is -2.18. The number of unbranched alkanes of at least 4 members (excludes halogenated alkanes) is 17. The van der Waals surface area contributed by atoms with Crippen molar-refractivity contribution in [2.45, 2.75) is 200 Å². The zero-order chi connectivity index (χ0) is 39.4. The van der Waals surface area contributed by atoms with Crippen molar-refractivity contribution in [3.63, 3.8) is 0 Å². The van der Waals surface area contributed by atoms with E-state index in [0.29, 0.717) is 19.3 Å². The van der Waals surface area contributed by atoms with E-state index in [1.54, 1.807) is 0 Å². The highest BCUT2D eigenvalue weighted by atomic mass is 16.6. The number of hydrogen-bond acceptors (Lipinski definition) is 6. The third-order valence-electron chi connectivity index (χ3n) is 8.99. The summed E-state index contributed by atoms with van der Waals surface area (Å²) in [5.41, 5.74) is 0. The smallest absolute Gasteiger partial charge is 0.306 e. The number of allylic oxidation sites excluding steroid dienone is 12. The quantitative estimate of drug-likeness (QED) is 0.0205. The van der Waals surface area contributed by atoms with Gasteiger partial charge in [0.2, 0.25) is 0 Å². The molecule has 54 heavy (non-hydrogen) atoms. The van der Waals surface area contributed by atoms with Gasteiger partial charge in [0.05, 0.1) is 0 Å². The van der Waals surface area contributed by atoms with Gasteiger partial charge in [-0.1, -0.05) is 158 Å². The van der Waals surface area contributed by atoms with Gasteiger partial charge in [0, 0.05) is 19.3 Å². The van der Waals surface area contributed by atoms with Crippen molar-refractivity contribution in [3.05, 3.63) is 72.9 Å². The topological polar surface area (TPSA) is 78.9 Å². The van der Waals surface area contributed by atoms with Crippen LogP contribution in [-0.2, 0) is 28.6 Å². The van der Waals surface area contributed by atoms with Crippen LogP contribution in [0.2, 0.25) is 0 Å². The van der Waals surface area contributed by atoms with Crippen molar-refractivity contribution in [2.75, 3.05) is 13.2 Å². The van der Waals surface area contributed by atoms with Gasteiger partial charge in [-0.05, 0) is 89.9 Å². The molecule has 0 aliphatic rings. The van der Waals surface area contributed by atoms with Crippen LogP contribution < -0.4 is 0 Å². The fourth-order valence-corrected chi connectivity index (χ4v) is 5.71. The Balaban J connectivity index is 4.45. The standard InChI is InChI=1S/C48H80O6/c1-4-7-10-13-16-19-21-23-25-26-29-32-35-38-41-47(50)53-44-45(43-52-46(49)40-37-34-31-28-18-15-12-9-6-3)54-48(51)42-39-36-33-30-27-24-22-20-17-14-11-8-5-2/h8-9,11-12,14,17-18,20,22,25-26,28,45H,4-7,10,13,15-16,19,21,23-24,27,29-44H2,1-3H3/b11-8-,12-9-,17-14-,22-20-,26-25-,28-18-. The molecule has 0 aliphatic carbocycles. The fourth-order valence-electron chi connectivity index (χ4n) is 5.71. The minimum Gasteiger partial charge on any atom is -0.462 e. The third kappa shape index (κ3) is 40.0. The second-order valence-corrected chi connectivity index (χ2v) is 14.2. The number of esters is 3. The predicted molar refractivity (Wildman–Crippen MR) is 228 cm³/mol. The van der Waals surface area contributed by atoms with Gasteiger partial charge >= 0.3 is 17.9 Å². The van der Waals surface area contributed by atoms with Crippen molar-refractivity contribution in [1.29, 1.82) is 0 Å². The third-order valence-corrected chi connectivity index (χ3v) is 8.99. The number of ether oxygens (including phenoxy) is 3. The highest BCUT2D eigenvalue weighted by molar-refractivity contribution is 5.71. The number of hydrogen-bond donors (Lipinski definition) is 0. The summed E-state index contributed by atoms with van der Waals surface area (Å²) < 4.78 is 16.6. The number of carbonyl (C=O) groups is 3. The van der Waals surface area contributed by atoms with E-state index in [1.807, 2.05) is 6.08 Å². The summed E-state index contributed by atoms with van der Waals surface area (Å²) in [5, 5.41) is 0. The molecule has 0 spiro atoms. The monoisotopic (exact) mass is 753 g/mol. The summed E-state index contributed by atoms with van der Waals surface area (Å²) in [6.45, 7) is 6.29. The van der Waals surface area contributed by atoms with Crippen molar-refractivity contribution < 1.29 is 28.6 Å². The highest BCUT2D eigenvalue weighted by Crippen LogP contribution is 2.12. The second-order valence-electron chi connectivity index (χ2n) is 14.2. The van der Waals surface area contributed by atoms with Crippen LogP contribution >= 0.6 is 0 Å². The second kappa shape index (κ2) is 42.6. The molecule has 1 atom stereocenters. The number of rotatable bonds is 38. The SMILES string of the molecule is CC\C=C/C=C\C=C/CCCCCCCC(=O)OC(COC(=O)CCCC/C=C\C/C=C\CC)COC(=O)CCCCC/C=C\CCCCCCCCC. The van der Waals surface area contributed by atoms with Crippen LogP contribution in [0.5, 0.6) is 0 Å². The van der Waals surface area contributed by atoms with E-state index in [2.05, 4.69) is 87.6 Å². The molecule has 0 rings (SSSR count). The summed E-state index contributed by atoms with van der Waals surface area (Å²) in [4.78, 5) is 37.6. The van der Waals surface area contributed by atoms with Crippen LogP contribution in [0.3, 0.4) is 0 Å². The first-order valence-corrected chi connectivity index (χ1v) is 22.0. The van der Waals surface area contributed by atoms with Crippen LogP contribution in [0.15, 0.2) is 72.9 Å². The summed E-state index contributed by atoms with van der Waals surface area (Å²) in [7, 11) is 0. The van der Waals surface area contributed by atoms with Crippen LogP contribution in [-0.4, -0.2) is 37.2 Å². The van der Waals surface area contributed by atoms with Gasteiger partial charge in [-0.25, -0.2) is 0 Å². The Labute approximate surface area is 332 Å². The van der Waals surface area contributed by atoms with Gasteiger partial charge in [0.25, 0.3) is 0 Å². The normalized spacial score (nSPS) is 12.7. The van der Waals surface area contributed by atoms with E-state index < -0.39 is 6.10 Å². The molecule has 6 heteroatoms. The minimum absolute atomic E-state index is 0.103. The van der Waals surface area contributed by atoms with Crippen molar-refractivity contribution in [2.24, 2.45) is 0 Å². The molecule has 0 saturated carbocycles. The average Bonchev–Trinajstić information content (AvgIpc) is 3.17. The van der Waals surface area contributed by atoms with Gasteiger partial charge in [0.15, 0.2) is 6.10 Å². The van der Waals surface area contributed by atoms with E-state index in [4.69, 9.17) is 14.2 Å². The molecule has 0 radical (unpaired) electrons. The van der Waals surface area contributed by atoms with Crippen molar-refractivity contribution in [1.82, 2.24) is 0 Å². The van der Waals surface area contributed by atoms with Gasteiger partial charge < -0.3 is 14.2 Å². The molecule has 0 aliphatic heterocycles. The molecule has 0 aromatic carbocycles. The maximum Gasteiger partial charge on any atom is 0.306 e. The van der Waals surface area contributed by atoms with Gasteiger partial charge in [-0.3, -0.25) is 14.4 Å². The molecule has 0 aromatic heterocycles. The fraction of sp³-hybridized carbons (Fsp3) is 0.688. The van der Waals surface area contributed by atoms with Gasteiger partial charge in [-0.15, -0.1) is 0 Å². The Morgan fingerprint density at radius 1 is 0.407 bits per heavy atom. The first-order chi connectivity index (χ1) is 26.5. The largest absolute Gasteiger partial charge is 0.462 e. The summed E-state index contributed by atoms with van der Waals surface area (Å²) in [6.07, 6.45) is 51.8. The lowest BCUT2D eigenvalue weighted by atomic mass is 10.1. The Kier molecular flexibility index (Phi) is 40.1. The molecule has 0 fully saturated rings. The Bertz CT molecular complexity index is 1050. The van der Waals surface area contributed by atoms with Gasteiger partial charge in [-0.2, -0.15) is 0 Å². The van der Waals surface area contributed by atoms with Crippen LogP contribution in [0.25, 0.3) is 0 Å². The molecule has 308 valence electrons. The van der Waals surface area contributed by atoms with E-state index in [0.717, 1.165) is 109 Å². The van der Waals surface area contributed by atoms with Crippen LogP contribution in [0.1, 0.15) is 194 Å². The molecule has 0 bridgehead atoms. The Morgan fingerprint density at radius 3 is 1.39 bits per heavy atom. The summed E-state index contributed by atoms with van der Waals surface area (Å²) in [6, 6.07) is 0. The summed E-state index contributed by atoms with van der Waals surface area (Å²) >= 11 is 0. The van der Waals surface area contributed by atoms with E-state index in [-0.39, 0.29) is 31.1 Å². The molecule has 0 amide bonds. The molecular weight excluding hydrogens is 673 g/mol. The maximum absolute atomic E-state index is 12.7. The van der Waals surface area contributed by atoms with E-state index in [1.165, 1.54) is 44.9 Å². The Hall–Kier alpha value is -3.15. The highest BCUT2D eigenvalue weighted by Gasteiger charge is 2.19. The molecule has 6 nitrogen and oxygen atoms in total. The van der Waals surface area contributed by atoms with E-state index >= 15 is 0 Å². The van der Waals surface area contributed by atoms with Crippen molar-refractivity contribution in [3.8, 4) is 0 Å². The van der Waals surface area contributed by atoms with Crippen LogP contribution in [0.4, 0.5) is 0 Å². The molecule has 0 saturated heterocycles. The first kappa shape index (κ1) is 50.9. The zero-order valence-corrected chi connectivity index (χ0v) is 35.0. The lowest BCUT2D eigenvalue weighted by molar-refractivity contribution is -0.167. The summed E-state index contributed by atoms with van der Waals surface area (Å²) in [5.74, 6) is -0.985. The van der Waals surface area contributed by atoms with Crippen molar-refractivity contribution >= 4 is 17.9 Å². The first-order valence-electron chi connectivity index (χ1n) is 22.0. The van der Waals surface area contributed by atoms with Crippen LogP contribution in [0, 0.1) is 0 Å². The minimum atomic E-state index is -0.802. The van der Waals surface area contributed by atoms with Gasteiger partial charge in [0.1, 0.15) is 13.2 Å². The molecular formula is C48H80O6. The molecule has 0 aromatic rings. The molecule has 0 heterocycles. The molecule has 0 N–H and O–H groups in total. The lowest BCUT2D eigenvalue weighted by Crippen LogP contribution is -2.30. The predicted octanol–water partition coefficient (Wildman–Crippen LogP) is 13.9. The van der Waals surface area contributed by atoms with E-state index in [9.17, 15) is 14.4 Å². The Morgan fingerprint density at radius 2 is 0.815 bits per heavy atom. The number of carbonyl (C=O) groups excluding carboxylic acids is 3. The molecule has 1 unspecified atom stereocenters. The average molecular weight is 753 g/mol.